The van der Waals surface area contributed by atoms with E-state index in [9.17, 15) is 32.7 Å². The molecule has 230 valence electrons. The van der Waals surface area contributed by atoms with Crippen LogP contribution in [0.4, 0.5) is 10.1 Å². The topological polar surface area (TPSA) is 165 Å². The zero-order valence-corrected chi connectivity index (χ0v) is 25.3. The van der Waals surface area contributed by atoms with Gasteiger partial charge in [0.25, 0.3) is 0 Å². The first-order valence-electron chi connectivity index (χ1n) is 13.1. The third kappa shape index (κ3) is 6.43. The van der Waals surface area contributed by atoms with Crippen molar-refractivity contribution in [2.75, 3.05) is 18.5 Å². The third-order valence-electron chi connectivity index (χ3n) is 7.53. The summed E-state index contributed by atoms with van der Waals surface area (Å²) in [6.07, 6.45) is -1.30. The van der Waals surface area contributed by atoms with Gasteiger partial charge < -0.3 is 20.9 Å². The van der Waals surface area contributed by atoms with Crippen molar-refractivity contribution in [3.63, 3.8) is 0 Å². The van der Waals surface area contributed by atoms with Gasteiger partial charge in [-0.05, 0) is 53.6 Å². The largest absolute Gasteiger partial charge is 0.397 e. The Morgan fingerprint density at radius 3 is 2.57 bits per heavy atom. The number of nitrogens with zero attached hydrogens (tertiary/aromatic N) is 1. The van der Waals surface area contributed by atoms with E-state index < -0.39 is 69.6 Å². The standard InChI is InChI=1S/C27H32Cl2FN3O8S/c1-26(2,3)12-21-27(17-10-19(30)18(29)11-20(17)32-25(27)36)22(14-5-4-6-15(28)9-14)23(33(21)37)24(35)31-8-7-16(34)13-41-42(38,39)40/h4-6,9-11,16,21-23,34,37H,7-8,12-13H2,1-3H3,(H,31,35)(H,32,36)(H,38,39,40). The smallest absolute Gasteiger partial charge is 0.391 e. The molecule has 5 unspecified atom stereocenters. The van der Waals surface area contributed by atoms with Gasteiger partial charge in [0.15, 0.2) is 0 Å². The first-order chi connectivity index (χ1) is 19.5. The Hall–Kier alpha value is -2.36. The molecule has 5 N–H and O–H groups in total. The Morgan fingerprint density at radius 2 is 1.95 bits per heavy atom. The van der Waals surface area contributed by atoms with Crippen molar-refractivity contribution in [3.05, 3.63) is 63.4 Å². The van der Waals surface area contributed by atoms with Gasteiger partial charge in [-0.3, -0.25) is 14.1 Å². The number of carbonyl (C=O) groups excluding carboxylic acids is 2. The van der Waals surface area contributed by atoms with E-state index in [1.807, 2.05) is 20.8 Å². The molecule has 11 nitrogen and oxygen atoms in total. The van der Waals surface area contributed by atoms with E-state index in [-0.39, 0.29) is 35.7 Å². The van der Waals surface area contributed by atoms with Crippen LogP contribution in [0.5, 0.6) is 0 Å². The van der Waals surface area contributed by atoms with Gasteiger partial charge in [-0.15, -0.1) is 0 Å². The molecule has 0 aromatic heterocycles. The van der Waals surface area contributed by atoms with Gasteiger partial charge in [0.1, 0.15) is 17.3 Å². The summed E-state index contributed by atoms with van der Waals surface area (Å²) in [5.41, 5.74) is -1.18. The Bertz CT molecular complexity index is 1490. The number of hydrogen-bond acceptors (Lipinski definition) is 8. The lowest BCUT2D eigenvalue weighted by molar-refractivity contribution is -0.164. The van der Waals surface area contributed by atoms with Crippen molar-refractivity contribution in [2.45, 2.75) is 63.1 Å². The zero-order valence-electron chi connectivity index (χ0n) is 23.0. The van der Waals surface area contributed by atoms with Gasteiger partial charge in [-0.2, -0.15) is 13.5 Å². The van der Waals surface area contributed by atoms with Crippen LogP contribution in [-0.4, -0.2) is 71.5 Å². The Balaban J connectivity index is 1.80. The molecule has 42 heavy (non-hydrogen) atoms. The number of aliphatic hydroxyl groups is 1. The average Bonchev–Trinajstić information content (AvgIpc) is 3.28. The number of carbonyl (C=O) groups is 2. The lowest BCUT2D eigenvalue weighted by atomic mass is 9.62. The predicted octanol–water partition coefficient (Wildman–Crippen LogP) is 3.67. The van der Waals surface area contributed by atoms with Crippen LogP contribution in [0.15, 0.2) is 36.4 Å². The maximum Gasteiger partial charge on any atom is 0.397 e. The molecule has 0 radical (unpaired) electrons. The number of fused-ring (bicyclic) bond motifs is 2. The number of halogens is 3. The Kier molecular flexibility index (Phi) is 9.27. The summed E-state index contributed by atoms with van der Waals surface area (Å²) in [6, 6.07) is 6.57. The summed E-state index contributed by atoms with van der Waals surface area (Å²) in [5.74, 6) is -3.10. The molecule has 1 fully saturated rings. The second-order valence-corrected chi connectivity index (χ2v) is 13.7. The number of aliphatic hydroxyl groups excluding tert-OH is 1. The summed E-state index contributed by atoms with van der Waals surface area (Å²) < 4.78 is 49.4. The van der Waals surface area contributed by atoms with Gasteiger partial charge in [0.2, 0.25) is 11.8 Å². The lowest BCUT2D eigenvalue weighted by Gasteiger charge is -2.38. The fourth-order valence-corrected chi connectivity index (χ4v) is 6.65. The highest BCUT2D eigenvalue weighted by Crippen LogP contribution is 2.59. The minimum atomic E-state index is -4.76. The van der Waals surface area contributed by atoms with Gasteiger partial charge in [-0.25, -0.2) is 8.57 Å². The molecule has 5 atom stereocenters. The molecule has 2 amide bonds. The van der Waals surface area contributed by atoms with Crippen LogP contribution in [-0.2, 0) is 29.6 Å². The minimum Gasteiger partial charge on any atom is -0.391 e. The van der Waals surface area contributed by atoms with Crippen molar-refractivity contribution < 1.29 is 41.4 Å². The average molecular weight is 649 g/mol. The Morgan fingerprint density at radius 1 is 1.26 bits per heavy atom. The van der Waals surface area contributed by atoms with E-state index >= 15 is 0 Å². The molecule has 4 rings (SSSR count). The lowest BCUT2D eigenvalue weighted by Crippen LogP contribution is -2.50. The number of nitrogens with one attached hydrogen (secondary N) is 2. The van der Waals surface area contributed by atoms with Gasteiger partial charge in [-0.1, -0.05) is 56.1 Å². The van der Waals surface area contributed by atoms with Crippen molar-refractivity contribution in [1.82, 2.24) is 10.4 Å². The molecular weight excluding hydrogens is 616 g/mol. The summed E-state index contributed by atoms with van der Waals surface area (Å²) in [6.45, 7) is 4.80. The molecule has 0 aliphatic carbocycles. The zero-order chi connectivity index (χ0) is 31.2. The van der Waals surface area contributed by atoms with Crippen molar-refractivity contribution in [2.24, 2.45) is 5.41 Å². The van der Waals surface area contributed by atoms with Crippen LogP contribution in [0.1, 0.15) is 50.7 Å². The predicted molar refractivity (Wildman–Crippen MR) is 152 cm³/mol. The maximum absolute atomic E-state index is 15.0. The molecule has 2 aliphatic heterocycles. The van der Waals surface area contributed by atoms with Crippen molar-refractivity contribution in [1.29, 1.82) is 0 Å². The second kappa shape index (κ2) is 12.0. The highest BCUT2D eigenvalue weighted by Gasteiger charge is 2.69. The number of hydrogen-bond donors (Lipinski definition) is 5. The molecule has 0 saturated carbocycles. The van der Waals surface area contributed by atoms with Crippen LogP contribution in [0, 0.1) is 11.2 Å². The number of benzene rings is 2. The van der Waals surface area contributed by atoms with E-state index in [1.165, 1.54) is 6.07 Å². The van der Waals surface area contributed by atoms with Crippen molar-refractivity contribution in [3.8, 4) is 0 Å². The fourth-order valence-electron chi connectivity index (χ4n) is 5.96. The SMILES string of the molecule is CC(C)(C)CC1N(O)C(C(=O)NCCC(O)COS(=O)(=O)O)C(c2cccc(Cl)c2)C12C(=O)Nc1cc(Cl)c(F)cc12. The molecule has 15 heteroatoms. The molecule has 2 aromatic carbocycles. The van der Waals surface area contributed by atoms with Crippen LogP contribution in [0.2, 0.25) is 10.0 Å². The molecule has 1 saturated heterocycles. The summed E-state index contributed by atoms with van der Waals surface area (Å²) >= 11 is 12.4. The molecule has 1 spiro atoms. The van der Waals surface area contributed by atoms with Gasteiger partial charge in [0, 0.05) is 23.2 Å². The molecule has 2 aromatic rings. The van der Waals surface area contributed by atoms with Crippen LogP contribution in [0.25, 0.3) is 0 Å². The summed E-state index contributed by atoms with van der Waals surface area (Å²) in [5, 5.41) is 28.1. The van der Waals surface area contributed by atoms with Gasteiger partial charge in [0.05, 0.1) is 23.8 Å². The van der Waals surface area contributed by atoms with E-state index in [2.05, 4.69) is 14.8 Å². The van der Waals surface area contributed by atoms with Crippen LogP contribution < -0.4 is 10.6 Å². The van der Waals surface area contributed by atoms with E-state index in [0.29, 0.717) is 10.6 Å². The van der Waals surface area contributed by atoms with E-state index in [0.717, 1.165) is 11.1 Å². The first-order valence-corrected chi connectivity index (χ1v) is 15.2. The number of rotatable bonds is 9. The molecule has 0 bridgehead atoms. The third-order valence-corrected chi connectivity index (χ3v) is 8.49. The van der Waals surface area contributed by atoms with E-state index in [4.69, 9.17) is 27.8 Å². The summed E-state index contributed by atoms with van der Waals surface area (Å²) in [7, 11) is -4.76. The van der Waals surface area contributed by atoms with Crippen LogP contribution >= 0.6 is 23.2 Å². The van der Waals surface area contributed by atoms with Crippen LogP contribution in [0.3, 0.4) is 0 Å². The van der Waals surface area contributed by atoms with E-state index in [1.54, 1.807) is 24.3 Å². The highest BCUT2D eigenvalue weighted by atomic mass is 35.5. The molecular formula is C27H32Cl2FN3O8S. The van der Waals surface area contributed by atoms with Crippen molar-refractivity contribution >= 4 is 51.1 Å². The second-order valence-electron chi connectivity index (χ2n) is 11.7. The maximum atomic E-state index is 15.0. The molecule has 2 heterocycles. The number of amides is 2. The first kappa shape index (κ1) is 32.6. The highest BCUT2D eigenvalue weighted by molar-refractivity contribution is 7.80. The van der Waals surface area contributed by atoms with Gasteiger partial charge >= 0.3 is 10.4 Å². The normalized spacial score (nSPS) is 25.0. The minimum absolute atomic E-state index is 0.162. The number of hydroxylamine groups is 2. The molecule has 2 aliphatic rings. The quantitative estimate of drug-likeness (QED) is 0.255. The summed E-state index contributed by atoms with van der Waals surface area (Å²) in [4.78, 5) is 27.9. The Labute approximate surface area is 252 Å². The number of anilines is 1. The fraction of sp³-hybridized carbons (Fsp3) is 0.481. The monoisotopic (exact) mass is 647 g/mol.